The first-order valence-electron chi connectivity index (χ1n) is 7.14. The van der Waals surface area contributed by atoms with Gasteiger partial charge in [-0.25, -0.2) is 4.79 Å². The summed E-state index contributed by atoms with van der Waals surface area (Å²) in [5.74, 6) is -0.0841. The minimum absolute atomic E-state index is 0.00513. The van der Waals surface area contributed by atoms with Crippen molar-refractivity contribution < 1.29 is 14.3 Å². The topological polar surface area (TPSA) is 84.7 Å². The molecule has 1 aromatic carbocycles. The molecule has 0 saturated carbocycles. The fourth-order valence-electron chi connectivity index (χ4n) is 2.38. The predicted molar refractivity (Wildman–Crippen MR) is 78.4 cm³/mol. The van der Waals surface area contributed by atoms with Gasteiger partial charge in [-0.15, -0.1) is 0 Å². The Bertz CT molecular complexity index is 478. The van der Waals surface area contributed by atoms with Gasteiger partial charge in [-0.2, -0.15) is 0 Å². The van der Waals surface area contributed by atoms with Gasteiger partial charge in [0.05, 0.1) is 6.54 Å². The van der Waals surface area contributed by atoms with Crippen LogP contribution in [0.3, 0.4) is 0 Å². The number of nitrogens with zero attached hydrogens (tertiary/aromatic N) is 1. The van der Waals surface area contributed by atoms with Gasteiger partial charge < -0.3 is 20.7 Å². The Morgan fingerprint density at radius 2 is 2.10 bits per heavy atom. The van der Waals surface area contributed by atoms with Crippen LogP contribution in [0.1, 0.15) is 18.4 Å². The van der Waals surface area contributed by atoms with Gasteiger partial charge in [-0.3, -0.25) is 4.79 Å². The quantitative estimate of drug-likeness (QED) is 0.862. The fourth-order valence-corrected chi connectivity index (χ4v) is 2.38. The number of likely N-dealkylation sites (tertiary alicyclic amines) is 1. The van der Waals surface area contributed by atoms with Gasteiger partial charge in [0.15, 0.2) is 0 Å². The highest BCUT2D eigenvalue weighted by molar-refractivity contribution is 5.78. The highest BCUT2D eigenvalue weighted by Gasteiger charge is 2.24. The second-order valence-electron chi connectivity index (χ2n) is 5.09. The van der Waals surface area contributed by atoms with Crippen molar-refractivity contribution in [3.05, 3.63) is 35.9 Å². The van der Waals surface area contributed by atoms with Crippen molar-refractivity contribution in [2.75, 3.05) is 19.6 Å². The van der Waals surface area contributed by atoms with E-state index in [1.807, 2.05) is 30.3 Å². The molecule has 1 saturated heterocycles. The summed E-state index contributed by atoms with van der Waals surface area (Å²) in [4.78, 5) is 25.0. The minimum Gasteiger partial charge on any atom is -0.445 e. The van der Waals surface area contributed by atoms with Gasteiger partial charge in [0.2, 0.25) is 5.91 Å². The molecule has 1 aromatic rings. The number of piperidine rings is 1. The second-order valence-corrected chi connectivity index (χ2v) is 5.09. The number of hydrogen-bond donors (Lipinski definition) is 2. The summed E-state index contributed by atoms with van der Waals surface area (Å²) < 4.78 is 5.17. The lowest BCUT2D eigenvalue weighted by molar-refractivity contribution is -0.131. The van der Waals surface area contributed by atoms with E-state index in [1.165, 1.54) is 0 Å². The molecule has 1 atom stereocenters. The molecule has 2 rings (SSSR count). The van der Waals surface area contributed by atoms with Gasteiger partial charge in [-0.1, -0.05) is 30.3 Å². The van der Waals surface area contributed by atoms with Gasteiger partial charge in [0.25, 0.3) is 0 Å². The van der Waals surface area contributed by atoms with Gasteiger partial charge >= 0.3 is 6.09 Å². The van der Waals surface area contributed by atoms with Crippen molar-refractivity contribution in [1.29, 1.82) is 0 Å². The zero-order chi connectivity index (χ0) is 15.1. The summed E-state index contributed by atoms with van der Waals surface area (Å²) in [5.41, 5.74) is 6.30. The van der Waals surface area contributed by atoms with Crippen molar-refractivity contribution in [2.24, 2.45) is 5.73 Å². The third kappa shape index (κ3) is 4.75. The number of rotatable bonds is 4. The largest absolute Gasteiger partial charge is 0.445 e. The summed E-state index contributed by atoms with van der Waals surface area (Å²) in [5, 5.41) is 2.80. The van der Waals surface area contributed by atoms with Crippen molar-refractivity contribution in [1.82, 2.24) is 10.2 Å². The molecule has 0 radical (unpaired) electrons. The van der Waals surface area contributed by atoms with E-state index in [2.05, 4.69) is 5.32 Å². The third-order valence-electron chi connectivity index (χ3n) is 3.48. The fraction of sp³-hybridized carbons (Fsp3) is 0.467. The molecule has 114 valence electrons. The van der Waals surface area contributed by atoms with Crippen molar-refractivity contribution in [3.63, 3.8) is 0 Å². The van der Waals surface area contributed by atoms with Crippen LogP contribution in [0.25, 0.3) is 0 Å². The Morgan fingerprint density at radius 3 is 2.81 bits per heavy atom. The summed E-state index contributed by atoms with van der Waals surface area (Å²) in [6.07, 6.45) is 1.25. The first-order valence-corrected chi connectivity index (χ1v) is 7.14. The lowest BCUT2D eigenvalue weighted by atomic mass is 10.1. The van der Waals surface area contributed by atoms with Crippen molar-refractivity contribution in [3.8, 4) is 0 Å². The van der Waals surface area contributed by atoms with Crippen LogP contribution in [-0.2, 0) is 16.1 Å². The number of benzene rings is 1. The molecule has 1 heterocycles. The standard InChI is InChI=1S/C15H21N3O3/c16-9-14(19)18-8-4-7-13(10-18)17-15(20)21-11-12-5-2-1-3-6-12/h1-3,5-6,13H,4,7-11,16H2,(H,17,20)/t13-/m0/s1. The minimum atomic E-state index is -0.453. The Hall–Kier alpha value is -2.08. The SMILES string of the molecule is NCC(=O)N1CCC[C@H](NC(=O)OCc2ccccc2)C1. The summed E-state index contributed by atoms with van der Waals surface area (Å²) >= 11 is 0. The average Bonchev–Trinajstić information content (AvgIpc) is 2.53. The molecule has 0 aliphatic carbocycles. The Labute approximate surface area is 124 Å². The average molecular weight is 291 g/mol. The molecule has 6 nitrogen and oxygen atoms in total. The predicted octanol–water partition coefficient (Wildman–Crippen LogP) is 0.862. The molecular weight excluding hydrogens is 270 g/mol. The molecule has 1 fully saturated rings. The normalized spacial score (nSPS) is 18.1. The van der Waals surface area contributed by atoms with Crippen LogP contribution in [0, 0.1) is 0 Å². The lowest BCUT2D eigenvalue weighted by Crippen LogP contribution is -2.51. The maximum Gasteiger partial charge on any atom is 0.407 e. The number of ether oxygens (including phenoxy) is 1. The van der Waals surface area contributed by atoms with E-state index in [-0.39, 0.29) is 25.1 Å². The van der Waals surface area contributed by atoms with Crippen LogP contribution in [0.15, 0.2) is 30.3 Å². The second kappa shape index (κ2) is 7.64. The third-order valence-corrected chi connectivity index (χ3v) is 3.48. The van der Waals surface area contributed by atoms with E-state index in [4.69, 9.17) is 10.5 Å². The highest BCUT2D eigenvalue weighted by atomic mass is 16.5. The van der Waals surface area contributed by atoms with Crippen LogP contribution < -0.4 is 11.1 Å². The Balaban J connectivity index is 1.76. The van der Waals surface area contributed by atoms with E-state index in [0.717, 1.165) is 18.4 Å². The monoisotopic (exact) mass is 291 g/mol. The number of alkyl carbamates (subject to hydrolysis) is 1. The molecule has 0 spiro atoms. The van der Waals surface area contributed by atoms with Crippen LogP contribution in [0.2, 0.25) is 0 Å². The smallest absolute Gasteiger partial charge is 0.407 e. The number of amides is 2. The molecule has 21 heavy (non-hydrogen) atoms. The first-order chi connectivity index (χ1) is 10.2. The van der Waals surface area contributed by atoms with E-state index in [9.17, 15) is 9.59 Å². The maximum absolute atomic E-state index is 11.8. The molecule has 6 heteroatoms. The molecule has 3 N–H and O–H groups in total. The Morgan fingerprint density at radius 1 is 1.33 bits per heavy atom. The van der Waals surface area contributed by atoms with Crippen LogP contribution >= 0.6 is 0 Å². The number of carbonyl (C=O) groups is 2. The van der Waals surface area contributed by atoms with Gasteiger partial charge in [-0.05, 0) is 18.4 Å². The number of nitrogens with one attached hydrogen (secondary N) is 1. The summed E-state index contributed by atoms with van der Waals surface area (Å²) in [6.45, 7) is 1.44. The van der Waals surface area contributed by atoms with Gasteiger partial charge in [0.1, 0.15) is 6.61 Å². The van der Waals surface area contributed by atoms with Crippen molar-refractivity contribution in [2.45, 2.75) is 25.5 Å². The number of nitrogens with two attached hydrogens (primary N) is 1. The van der Waals surface area contributed by atoms with E-state index < -0.39 is 6.09 Å². The van der Waals surface area contributed by atoms with Crippen LogP contribution in [-0.4, -0.2) is 42.6 Å². The van der Waals surface area contributed by atoms with E-state index in [1.54, 1.807) is 4.90 Å². The molecule has 2 amide bonds. The molecular formula is C15H21N3O3. The molecule has 0 unspecified atom stereocenters. The molecule has 1 aliphatic heterocycles. The van der Waals surface area contributed by atoms with Crippen molar-refractivity contribution >= 4 is 12.0 Å². The lowest BCUT2D eigenvalue weighted by Gasteiger charge is -2.32. The summed E-state index contributed by atoms with van der Waals surface area (Å²) in [6, 6.07) is 9.43. The summed E-state index contributed by atoms with van der Waals surface area (Å²) in [7, 11) is 0. The maximum atomic E-state index is 11.8. The first kappa shape index (κ1) is 15.3. The molecule has 0 bridgehead atoms. The molecule has 0 aromatic heterocycles. The van der Waals surface area contributed by atoms with E-state index >= 15 is 0 Å². The highest BCUT2D eigenvalue weighted by Crippen LogP contribution is 2.10. The zero-order valence-corrected chi connectivity index (χ0v) is 12.0. The number of hydrogen-bond acceptors (Lipinski definition) is 4. The van der Waals surface area contributed by atoms with E-state index in [0.29, 0.717) is 13.1 Å². The van der Waals surface area contributed by atoms with Crippen LogP contribution in [0.5, 0.6) is 0 Å². The zero-order valence-electron chi connectivity index (χ0n) is 12.0. The number of carbonyl (C=O) groups excluding carboxylic acids is 2. The van der Waals surface area contributed by atoms with Gasteiger partial charge in [0, 0.05) is 19.1 Å². The van der Waals surface area contributed by atoms with Crippen LogP contribution in [0.4, 0.5) is 4.79 Å². The molecule has 1 aliphatic rings. The Kier molecular flexibility index (Phi) is 5.57.